The summed E-state index contributed by atoms with van der Waals surface area (Å²) in [7, 11) is 0. The first-order valence-electron chi connectivity index (χ1n) is 5.12. The zero-order valence-electron chi connectivity index (χ0n) is 9.07. The van der Waals surface area contributed by atoms with Gasteiger partial charge in [-0.05, 0) is 12.5 Å². The van der Waals surface area contributed by atoms with Gasteiger partial charge in [0.2, 0.25) is 5.43 Å². The summed E-state index contributed by atoms with van der Waals surface area (Å²) in [6.07, 6.45) is 3.25. The number of H-pyrrole nitrogens is 1. The molecule has 2 rings (SSSR count). The summed E-state index contributed by atoms with van der Waals surface area (Å²) in [6.45, 7) is 2.17. The van der Waals surface area contributed by atoms with Gasteiger partial charge in [-0.25, -0.2) is 0 Å². The van der Waals surface area contributed by atoms with E-state index in [-0.39, 0.29) is 5.43 Å². The molecule has 1 heterocycles. The van der Waals surface area contributed by atoms with Gasteiger partial charge in [-0.1, -0.05) is 30.3 Å². The normalized spacial score (nSPS) is 10.1. The van der Waals surface area contributed by atoms with Crippen molar-refractivity contribution in [3.05, 3.63) is 64.1 Å². The van der Waals surface area contributed by atoms with Crippen molar-refractivity contribution in [3.8, 4) is 5.75 Å². The van der Waals surface area contributed by atoms with Gasteiger partial charge in [0.15, 0.2) is 5.75 Å². The van der Waals surface area contributed by atoms with Crippen molar-refractivity contribution in [2.45, 2.75) is 13.5 Å². The molecule has 0 radical (unpaired) electrons. The first-order valence-corrected chi connectivity index (χ1v) is 5.12. The summed E-state index contributed by atoms with van der Waals surface area (Å²) in [4.78, 5) is 14.5. The monoisotopic (exact) mass is 215 g/mol. The van der Waals surface area contributed by atoms with E-state index in [0.717, 1.165) is 5.56 Å². The number of benzene rings is 1. The highest BCUT2D eigenvalue weighted by Crippen LogP contribution is 2.06. The molecule has 0 saturated heterocycles. The molecule has 0 saturated carbocycles. The number of rotatable bonds is 3. The predicted molar refractivity (Wildman–Crippen MR) is 62.6 cm³/mol. The summed E-state index contributed by atoms with van der Waals surface area (Å²) in [6, 6.07) is 9.76. The zero-order valence-corrected chi connectivity index (χ0v) is 9.07. The largest absolute Gasteiger partial charge is 0.483 e. The molecule has 1 N–H and O–H groups in total. The molecular weight excluding hydrogens is 202 g/mol. The number of hydrogen-bond donors (Lipinski definition) is 1. The number of ether oxygens (including phenoxy) is 1. The van der Waals surface area contributed by atoms with Crippen molar-refractivity contribution in [3.63, 3.8) is 0 Å². The highest BCUT2D eigenvalue weighted by molar-refractivity contribution is 5.23. The number of aryl methyl sites for hydroxylation is 1. The van der Waals surface area contributed by atoms with Gasteiger partial charge in [-0.15, -0.1) is 0 Å². The average molecular weight is 215 g/mol. The molecule has 82 valence electrons. The van der Waals surface area contributed by atoms with Crippen LogP contribution >= 0.6 is 0 Å². The molecule has 2 aromatic rings. The van der Waals surface area contributed by atoms with Crippen LogP contribution in [-0.2, 0) is 6.61 Å². The van der Waals surface area contributed by atoms with Crippen molar-refractivity contribution in [1.29, 1.82) is 0 Å². The maximum Gasteiger partial charge on any atom is 0.226 e. The summed E-state index contributed by atoms with van der Waals surface area (Å²) in [5.74, 6) is 0.365. The molecule has 1 aromatic carbocycles. The van der Waals surface area contributed by atoms with E-state index >= 15 is 0 Å². The lowest BCUT2D eigenvalue weighted by molar-refractivity contribution is 0.302. The second kappa shape index (κ2) is 4.66. The Kier molecular flexibility index (Phi) is 3.05. The number of aromatic amines is 1. The summed E-state index contributed by atoms with van der Waals surface area (Å²) < 4.78 is 5.46. The Balaban J connectivity index is 2.11. The van der Waals surface area contributed by atoms with E-state index in [1.54, 1.807) is 19.3 Å². The summed E-state index contributed by atoms with van der Waals surface area (Å²) >= 11 is 0. The number of nitrogens with one attached hydrogen (secondary N) is 1. The third-order valence-corrected chi connectivity index (χ3v) is 2.33. The van der Waals surface area contributed by atoms with E-state index in [9.17, 15) is 4.79 Å². The van der Waals surface area contributed by atoms with Crippen LogP contribution in [0.5, 0.6) is 5.75 Å². The molecule has 1 aromatic heterocycles. The van der Waals surface area contributed by atoms with Crippen LogP contribution in [0.15, 0.2) is 47.5 Å². The zero-order chi connectivity index (χ0) is 11.4. The predicted octanol–water partition coefficient (Wildman–Crippen LogP) is 2.26. The van der Waals surface area contributed by atoms with Crippen LogP contribution < -0.4 is 10.2 Å². The quantitative estimate of drug-likeness (QED) is 0.853. The van der Waals surface area contributed by atoms with E-state index in [1.165, 1.54) is 0 Å². The average Bonchev–Trinajstić information content (AvgIpc) is 2.32. The topological polar surface area (TPSA) is 42.1 Å². The molecule has 0 unspecified atom stereocenters. The summed E-state index contributed by atoms with van der Waals surface area (Å²) in [5, 5.41) is 0. The van der Waals surface area contributed by atoms with Gasteiger partial charge in [-0.2, -0.15) is 0 Å². The minimum absolute atomic E-state index is 0.0605. The molecule has 0 aliphatic carbocycles. The van der Waals surface area contributed by atoms with E-state index in [4.69, 9.17) is 4.74 Å². The lowest BCUT2D eigenvalue weighted by atomic mass is 10.2. The summed E-state index contributed by atoms with van der Waals surface area (Å²) in [5.41, 5.74) is 1.64. The Morgan fingerprint density at radius 2 is 1.94 bits per heavy atom. The van der Waals surface area contributed by atoms with Crippen LogP contribution in [0.2, 0.25) is 0 Å². The van der Waals surface area contributed by atoms with Crippen LogP contribution in [-0.4, -0.2) is 4.98 Å². The van der Waals surface area contributed by atoms with Crippen molar-refractivity contribution in [1.82, 2.24) is 4.98 Å². The first-order chi connectivity index (χ1) is 7.77. The second-order valence-corrected chi connectivity index (χ2v) is 3.61. The number of pyridine rings is 1. The van der Waals surface area contributed by atoms with Crippen LogP contribution in [0.25, 0.3) is 0 Å². The maximum atomic E-state index is 11.6. The molecule has 0 spiro atoms. The number of aromatic nitrogens is 1. The fourth-order valence-corrected chi connectivity index (χ4v) is 1.41. The Bertz CT molecular complexity index is 517. The Morgan fingerprint density at radius 1 is 1.19 bits per heavy atom. The minimum Gasteiger partial charge on any atom is -0.483 e. The third-order valence-electron chi connectivity index (χ3n) is 2.33. The maximum absolute atomic E-state index is 11.6. The van der Waals surface area contributed by atoms with Gasteiger partial charge in [0.1, 0.15) is 6.61 Å². The van der Waals surface area contributed by atoms with Crippen molar-refractivity contribution in [2.24, 2.45) is 0 Å². The molecule has 0 fully saturated rings. The van der Waals surface area contributed by atoms with E-state index in [0.29, 0.717) is 17.9 Å². The van der Waals surface area contributed by atoms with Crippen molar-refractivity contribution < 1.29 is 4.74 Å². The van der Waals surface area contributed by atoms with E-state index in [1.807, 2.05) is 30.3 Å². The highest BCUT2D eigenvalue weighted by Gasteiger charge is 2.02. The van der Waals surface area contributed by atoms with Crippen LogP contribution in [0.4, 0.5) is 0 Å². The Hall–Kier alpha value is -2.03. The van der Waals surface area contributed by atoms with Gasteiger partial charge < -0.3 is 9.72 Å². The first kappa shape index (κ1) is 10.5. The van der Waals surface area contributed by atoms with Crippen molar-refractivity contribution >= 4 is 0 Å². The van der Waals surface area contributed by atoms with E-state index < -0.39 is 0 Å². The molecule has 0 bridgehead atoms. The van der Waals surface area contributed by atoms with Gasteiger partial charge in [-0.3, -0.25) is 4.79 Å². The fraction of sp³-hybridized carbons (Fsp3) is 0.154. The molecule has 3 nitrogen and oxygen atoms in total. The van der Waals surface area contributed by atoms with Gasteiger partial charge in [0.25, 0.3) is 0 Å². The molecule has 0 amide bonds. The molecule has 3 heteroatoms. The molecule has 0 aliphatic rings. The molecular formula is C13H13NO2. The van der Waals surface area contributed by atoms with Gasteiger partial charge >= 0.3 is 0 Å². The SMILES string of the molecule is Cc1c[nH]cc(OCc2ccccc2)c1=O. The van der Waals surface area contributed by atoms with Crippen molar-refractivity contribution in [2.75, 3.05) is 0 Å². The molecule has 16 heavy (non-hydrogen) atoms. The second-order valence-electron chi connectivity index (χ2n) is 3.61. The van der Waals surface area contributed by atoms with Crippen LogP contribution in [0, 0.1) is 6.92 Å². The van der Waals surface area contributed by atoms with E-state index in [2.05, 4.69) is 4.98 Å². The van der Waals surface area contributed by atoms with Gasteiger partial charge in [0, 0.05) is 18.0 Å². The van der Waals surface area contributed by atoms with Gasteiger partial charge in [0.05, 0.1) is 0 Å². The standard InChI is InChI=1S/C13H13NO2/c1-10-7-14-8-12(13(10)15)16-9-11-5-3-2-4-6-11/h2-8H,9H2,1H3,(H,14,15). The highest BCUT2D eigenvalue weighted by atomic mass is 16.5. The third kappa shape index (κ3) is 2.31. The van der Waals surface area contributed by atoms with Crippen LogP contribution in [0.3, 0.4) is 0 Å². The minimum atomic E-state index is -0.0605. The lowest BCUT2D eigenvalue weighted by Crippen LogP contribution is -2.10. The lowest BCUT2D eigenvalue weighted by Gasteiger charge is -2.05. The Labute approximate surface area is 93.7 Å². The smallest absolute Gasteiger partial charge is 0.226 e. The Morgan fingerprint density at radius 3 is 2.69 bits per heavy atom. The fourth-order valence-electron chi connectivity index (χ4n) is 1.41. The number of hydrogen-bond acceptors (Lipinski definition) is 2. The molecule has 0 atom stereocenters. The van der Waals surface area contributed by atoms with Crippen LogP contribution in [0.1, 0.15) is 11.1 Å². The molecule has 0 aliphatic heterocycles.